The second kappa shape index (κ2) is 5.09. The molecule has 1 atom stereocenters. The molecule has 0 fully saturated rings. The summed E-state index contributed by atoms with van der Waals surface area (Å²) >= 11 is 0. The maximum Gasteiger partial charge on any atom is 0.327 e. The Kier molecular flexibility index (Phi) is 3.94. The minimum absolute atomic E-state index is 0.578. The highest BCUT2D eigenvalue weighted by molar-refractivity contribution is 6.09. The van der Waals surface area contributed by atoms with Gasteiger partial charge in [-0.25, -0.2) is 4.79 Å². The van der Waals surface area contributed by atoms with E-state index >= 15 is 0 Å². The topological polar surface area (TPSA) is 112 Å². The molecule has 1 rings (SSSR count). The van der Waals surface area contributed by atoms with E-state index in [1.54, 1.807) is 0 Å². The Labute approximate surface area is 109 Å². The Bertz CT molecular complexity index is 507. The SMILES string of the molecule is CC(=O)C1(C(C)=O)C(O)=C(O)C=CC1/C=C/C(=O)O. The van der Waals surface area contributed by atoms with Crippen LogP contribution in [0.3, 0.4) is 0 Å². The number of carboxylic acids is 1. The maximum absolute atomic E-state index is 11.8. The monoisotopic (exact) mass is 266 g/mol. The zero-order chi connectivity index (χ0) is 14.8. The van der Waals surface area contributed by atoms with Crippen molar-refractivity contribution < 1.29 is 29.7 Å². The van der Waals surface area contributed by atoms with E-state index in [1.807, 2.05) is 0 Å². The molecule has 0 heterocycles. The van der Waals surface area contributed by atoms with Gasteiger partial charge in [0.1, 0.15) is 0 Å². The number of rotatable bonds is 4. The zero-order valence-electron chi connectivity index (χ0n) is 10.5. The number of hydrogen-bond acceptors (Lipinski definition) is 5. The molecule has 0 spiro atoms. The Morgan fingerprint density at radius 3 is 2.16 bits per heavy atom. The van der Waals surface area contributed by atoms with Gasteiger partial charge in [0.15, 0.2) is 28.5 Å². The molecule has 0 aromatic heterocycles. The molecular formula is C13H14O6. The van der Waals surface area contributed by atoms with Crippen molar-refractivity contribution in [1.82, 2.24) is 0 Å². The van der Waals surface area contributed by atoms with Crippen LogP contribution in [0.5, 0.6) is 0 Å². The van der Waals surface area contributed by atoms with Crippen molar-refractivity contribution in [3.63, 3.8) is 0 Å². The summed E-state index contributed by atoms with van der Waals surface area (Å²) in [6.07, 6.45) is 4.34. The van der Waals surface area contributed by atoms with Gasteiger partial charge in [0.05, 0.1) is 0 Å². The molecule has 6 heteroatoms. The number of aliphatic hydroxyl groups is 2. The highest BCUT2D eigenvalue weighted by atomic mass is 16.4. The van der Waals surface area contributed by atoms with Crippen LogP contribution in [0.1, 0.15) is 13.8 Å². The normalized spacial score (nSPS) is 21.7. The Morgan fingerprint density at radius 1 is 1.21 bits per heavy atom. The number of ketones is 2. The van der Waals surface area contributed by atoms with E-state index in [4.69, 9.17) is 5.11 Å². The van der Waals surface area contributed by atoms with E-state index in [0.717, 1.165) is 32.1 Å². The van der Waals surface area contributed by atoms with Crippen LogP contribution < -0.4 is 0 Å². The van der Waals surface area contributed by atoms with Gasteiger partial charge >= 0.3 is 5.97 Å². The molecule has 1 aliphatic rings. The first-order valence-electron chi connectivity index (χ1n) is 5.48. The van der Waals surface area contributed by atoms with Gasteiger partial charge in [-0.15, -0.1) is 0 Å². The molecule has 0 amide bonds. The largest absolute Gasteiger partial charge is 0.507 e. The quantitative estimate of drug-likeness (QED) is 0.522. The van der Waals surface area contributed by atoms with Crippen LogP contribution in [0.15, 0.2) is 35.8 Å². The van der Waals surface area contributed by atoms with Gasteiger partial charge in [0.2, 0.25) is 0 Å². The Morgan fingerprint density at radius 2 is 1.74 bits per heavy atom. The zero-order valence-corrected chi connectivity index (χ0v) is 10.5. The number of Topliss-reactive ketones (excluding diaryl/α,β-unsaturated/α-hetero) is 2. The van der Waals surface area contributed by atoms with E-state index in [-0.39, 0.29) is 0 Å². The molecule has 0 aliphatic heterocycles. The number of carbonyl (C=O) groups is 3. The Balaban J connectivity index is 3.47. The lowest BCUT2D eigenvalue weighted by molar-refractivity contribution is -0.140. The molecule has 0 saturated heterocycles. The average Bonchev–Trinajstić information content (AvgIpc) is 2.29. The van der Waals surface area contributed by atoms with Crippen molar-refractivity contribution in [2.24, 2.45) is 11.3 Å². The molecule has 1 aliphatic carbocycles. The molecule has 0 bridgehead atoms. The van der Waals surface area contributed by atoms with E-state index in [1.165, 1.54) is 6.08 Å². The second-order valence-corrected chi connectivity index (χ2v) is 4.24. The molecule has 6 nitrogen and oxygen atoms in total. The molecule has 0 aromatic rings. The van der Waals surface area contributed by atoms with Gasteiger partial charge in [0, 0.05) is 12.0 Å². The summed E-state index contributed by atoms with van der Waals surface area (Å²) < 4.78 is 0. The van der Waals surface area contributed by atoms with Gasteiger partial charge in [0.25, 0.3) is 0 Å². The van der Waals surface area contributed by atoms with Gasteiger partial charge in [-0.1, -0.05) is 12.2 Å². The van der Waals surface area contributed by atoms with E-state index < -0.39 is 40.4 Å². The van der Waals surface area contributed by atoms with Crippen LogP contribution in [0.4, 0.5) is 0 Å². The van der Waals surface area contributed by atoms with Crippen LogP contribution in [-0.2, 0) is 14.4 Å². The summed E-state index contributed by atoms with van der Waals surface area (Å²) in [6.45, 7) is 2.21. The van der Waals surface area contributed by atoms with E-state index in [0.29, 0.717) is 0 Å². The predicted octanol–water partition coefficient (Wildman–Crippen LogP) is 1.31. The lowest BCUT2D eigenvalue weighted by atomic mass is 9.65. The van der Waals surface area contributed by atoms with Gasteiger partial charge in [-0.2, -0.15) is 0 Å². The number of hydrogen-bond donors (Lipinski definition) is 3. The summed E-state index contributed by atoms with van der Waals surface area (Å²) in [5, 5.41) is 28.0. The number of aliphatic hydroxyl groups excluding tert-OH is 2. The van der Waals surface area contributed by atoms with Gasteiger partial charge < -0.3 is 15.3 Å². The standard InChI is InChI=1S/C13H14O6/c1-7(14)13(8(2)15)9(4-6-11(17)18)3-5-10(16)12(13)19/h3-6,9,16,19H,1-2H3,(H,17,18)/b6-4+. The summed E-state index contributed by atoms with van der Waals surface area (Å²) in [6, 6.07) is 0. The molecule has 0 saturated carbocycles. The minimum Gasteiger partial charge on any atom is -0.507 e. The Hall–Kier alpha value is -2.37. The summed E-state index contributed by atoms with van der Waals surface area (Å²) in [4.78, 5) is 34.2. The van der Waals surface area contributed by atoms with Crippen molar-refractivity contribution in [3.8, 4) is 0 Å². The number of carboxylic acid groups (broad SMARTS) is 1. The molecule has 0 radical (unpaired) electrons. The smallest absolute Gasteiger partial charge is 0.327 e. The average molecular weight is 266 g/mol. The van der Waals surface area contributed by atoms with E-state index in [9.17, 15) is 24.6 Å². The third kappa shape index (κ3) is 2.29. The summed E-state index contributed by atoms with van der Waals surface area (Å²) in [5.41, 5.74) is -1.97. The molecule has 102 valence electrons. The summed E-state index contributed by atoms with van der Waals surface area (Å²) in [7, 11) is 0. The molecule has 0 aromatic carbocycles. The first-order chi connectivity index (χ1) is 8.74. The molecule has 3 N–H and O–H groups in total. The fourth-order valence-corrected chi connectivity index (χ4v) is 2.22. The van der Waals surface area contributed by atoms with Crippen molar-refractivity contribution in [3.05, 3.63) is 35.8 Å². The van der Waals surface area contributed by atoms with Crippen LogP contribution in [0.2, 0.25) is 0 Å². The number of aliphatic carboxylic acids is 1. The fourth-order valence-electron chi connectivity index (χ4n) is 2.22. The van der Waals surface area contributed by atoms with Crippen molar-refractivity contribution in [1.29, 1.82) is 0 Å². The minimum atomic E-state index is -1.97. The van der Waals surface area contributed by atoms with Crippen LogP contribution in [-0.4, -0.2) is 32.9 Å². The van der Waals surface area contributed by atoms with Crippen molar-refractivity contribution >= 4 is 17.5 Å². The molecule has 19 heavy (non-hydrogen) atoms. The van der Waals surface area contributed by atoms with Crippen LogP contribution in [0.25, 0.3) is 0 Å². The summed E-state index contributed by atoms with van der Waals surface area (Å²) in [5.74, 6) is -4.88. The predicted molar refractivity (Wildman–Crippen MR) is 65.5 cm³/mol. The number of allylic oxidation sites excluding steroid dienone is 4. The van der Waals surface area contributed by atoms with Crippen molar-refractivity contribution in [2.75, 3.05) is 0 Å². The van der Waals surface area contributed by atoms with Crippen LogP contribution in [0, 0.1) is 11.3 Å². The van der Waals surface area contributed by atoms with Gasteiger partial charge in [-0.3, -0.25) is 9.59 Å². The highest BCUT2D eigenvalue weighted by Gasteiger charge is 2.52. The first-order valence-corrected chi connectivity index (χ1v) is 5.48. The fraction of sp³-hybridized carbons (Fsp3) is 0.308. The second-order valence-electron chi connectivity index (χ2n) is 4.24. The van der Waals surface area contributed by atoms with E-state index in [2.05, 4.69) is 0 Å². The van der Waals surface area contributed by atoms with Crippen LogP contribution >= 0.6 is 0 Å². The number of carbonyl (C=O) groups excluding carboxylic acids is 2. The molecule has 1 unspecified atom stereocenters. The lowest BCUT2D eigenvalue weighted by Gasteiger charge is -2.35. The van der Waals surface area contributed by atoms with Gasteiger partial charge in [-0.05, 0) is 19.9 Å². The van der Waals surface area contributed by atoms with Crippen molar-refractivity contribution in [2.45, 2.75) is 13.8 Å². The highest BCUT2D eigenvalue weighted by Crippen LogP contribution is 2.42. The lowest BCUT2D eigenvalue weighted by Crippen LogP contribution is -2.46. The maximum atomic E-state index is 11.8. The third-order valence-corrected chi connectivity index (χ3v) is 3.13. The first kappa shape index (κ1) is 14.7. The molecular weight excluding hydrogens is 252 g/mol. The third-order valence-electron chi connectivity index (χ3n) is 3.13.